The quantitative estimate of drug-likeness (QED) is 0.330. The molecule has 0 unspecified atom stereocenters. The predicted molar refractivity (Wildman–Crippen MR) is 130 cm³/mol. The summed E-state index contributed by atoms with van der Waals surface area (Å²) in [5, 5.41) is 15.8. The van der Waals surface area contributed by atoms with Gasteiger partial charge in [0.2, 0.25) is 11.0 Å². The number of H-pyrrole nitrogens is 1. The molecular weight excluding hydrogens is 470 g/mol. The van der Waals surface area contributed by atoms with Crippen LogP contribution < -0.4 is 0 Å². The van der Waals surface area contributed by atoms with E-state index in [9.17, 15) is 0 Å². The summed E-state index contributed by atoms with van der Waals surface area (Å²) in [7, 11) is 0. The van der Waals surface area contributed by atoms with E-state index in [4.69, 9.17) is 5.10 Å². The van der Waals surface area contributed by atoms with E-state index in [2.05, 4.69) is 79.6 Å². The molecule has 0 atom stereocenters. The monoisotopic (exact) mass is 485 g/mol. The Bertz CT molecular complexity index is 1440. The van der Waals surface area contributed by atoms with Crippen molar-refractivity contribution in [2.24, 2.45) is 5.10 Å². The molecule has 1 N–H and O–H groups in total. The summed E-state index contributed by atoms with van der Waals surface area (Å²) >= 11 is 5.27. The summed E-state index contributed by atoms with van der Waals surface area (Å²) < 4.78 is 2.90. The van der Waals surface area contributed by atoms with E-state index in [1.807, 2.05) is 35.0 Å². The summed E-state index contributed by atoms with van der Waals surface area (Å²) in [6.45, 7) is 0. The number of thioether (sulfide) groups is 1. The van der Waals surface area contributed by atoms with Crippen molar-refractivity contribution >= 4 is 44.3 Å². The maximum absolute atomic E-state index is 4.93. The first-order chi connectivity index (χ1) is 15.3. The van der Waals surface area contributed by atoms with Crippen LogP contribution in [0.1, 0.15) is 5.56 Å². The van der Waals surface area contributed by atoms with Gasteiger partial charge in [-0.1, -0.05) is 88.4 Å². The highest BCUT2D eigenvalue weighted by atomic mass is 79.9. The summed E-state index contributed by atoms with van der Waals surface area (Å²) in [4.78, 5) is 3.57. The number of halogens is 1. The number of aromatic nitrogens is 4. The maximum atomic E-state index is 4.93. The molecule has 7 heteroatoms. The van der Waals surface area contributed by atoms with E-state index in [1.165, 1.54) is 0 Å². The third-order valence-corrected chi connectivity index (χ3v) is 6.75. The van der Waals surface area contributed by atoms with Crippen molar-refractivity contribution in [2.45, 2.75) is 5.16 Å². The van der Waals surface area contributed by atoms with Gasteiger partial charge >= 0.3 is 0 Å². The first kappa shape index (κ1) is 18.6. The SMILES string of the molecule is Brc1ccc2[nH]c(-c3nnc4n3N=C(c3ccccc3)CS4)c(-c3ccccc3)c2c1. The highest BCUT2D eigenvalue weighted by molar-refractivity contribution is 9.10. The lowest BCUT2D eigenvalue weighted by atomic mass is 10.0. The molecule has 150 valence electrons. The number of hydrogen-bond acceptors (Lipinski definition) is 4. The fraction of sp³-hybridized carbons (Fsp3) is 0.0417. The second-order valence-electron chi connectivity index (χ2n) is 7.25. The molecule has 31 heavy (non-hydrogen) atoms. The molecule has 5 aromatic rings. The Morgan fingerprint density at radius 1 is 0.871 bits per heavy atom. The second kappa shape index (κ2) is 7.51. The number of rotatable bonds is 3. The van der Waals surface area contributed by atoms with Gasteiger partial charge in [-0.2, -0.15) is 9.78 Å². The van der Waals surface area contributed by atoms with Crippen LogP contribution in [0.2, 0.25) is 0 Å². The van der Waals surface area contributed by atoms with E-state index >= 15 is 0 Å². The molecule has 0 bridgehead atoms. The zero-order valence-corrected chi connectivity index (χ0v) is 18.7. The number of fused-ring (bicyclic) bond motifs is 2. The fourth-order valence-corrected chi connectivity index (χ4v) is 5.09. The van der Waals surface area contributed by atoms with Crippen molar-refractivity contribution < 1.29 is 0 Å². The Kier molecular flexibility index (Phi) is 4.51. The van der Waals surface area contributed by atoms with Crippen molar-refractivity contribution in [3.63, 3.8) is 0 Å². The standard InChI is InChI=1S/C24H16BrN5S/c25-17-11-12-19-18(13-17)21(16-9-5-2-6-10-16)22(26-19)23-27-28-24-30(23)29-20(14-31-24)15-7-3-1-4-8-15/h1-13,26H,14H2. The number of nitrogens with zero attached hydrogens (tertiary/aromatic N) is 4. The average Bonchev–Trinajstić information content (AvgIpc) is 3.40. The zero-order valence-electron chi connectivity index (χ0n) is 16.3. The van der Waals surface area contributed by atoms with Crippen LogP contribution in [0, 0.1) is 0 Å². The number of benzene rings is 3. The van der Waals surface area contributed by atoms with Crippen LogP contribution in [-0.2, 0) is 0 Å². The van der Waals surface area contributed by atoms with Gasteiger partial charge < -0.3 is 4.98 Å². The van der Waals surface area contributed by atoms with Gasteiger partial charge in [-0.05, 0) is 29.3 Å². The van der Waals surface area contributed by atoms with Gasteiger partial charge in [0.1, 0.15) is 0 Å². The van der Waals surface area contributed by atoms with Gasteiger partial charge in [0, 0.05) is 26.7 Å². The van der Waals surface area contributed by atoms with Gasteiger partial charge in [-0.3, -0.25) is 0 Å². The highest BCUT2D eigenvalue weighted by Gasteiger charge is 2.25. The van der Waals surface area contributed by atoms with Crippen LogP contribution in [0.5, 0.6) is 0 Å². The van der Waals surface area contributed by atoms with E-state index in [-0.39, 0.29) is 0 Å². The minimum Gasteiger partial charge on any atom is -0.351 e. The normalized spacial score (nSPS) is 13.3. The van der Waals surface area contributed by atoms with Gasteiger partial charge in [0.15, 0.2) is 0 Å². The summed E-state index contributed by atoms with van der Waals surface area (Å²) in [6.07, 6.45) is 0. The van der Waals surface area contributed by atoms with Crippen LogP contribution in [0.3, 0.4) is 0 Å². The van der Waals surface area contributed by atoms with E-state index in [0.29, 0.717) is 5.82 Å². The van der Waals surface area contributed by atoms with Crippen LogP contribution in [0.25, 0.3) is 33.5 Å². The largest absolute Gasteiger partial charge is 0.351 e. The van der Waals surface area contributed by atoms with Crippen LogP contribution in [0.4, 0.5) is 0 Å². The molecular formula is C24H16BrN5S. The minimum absolute atomic E-state index is 0.710. The van der Waals surface area contributed by atoms with Crippen molar-refractivity contribution in [2.75, 3.05) is 5.75 Å². The molecule has 0 radical (unpaired) electrons. The third-order valence-electron chi connectivity index (χ3n) is 5.32. The number of nitrogens with one attached hydrogen (secondary N) is 1. The molecule has 0 fully saturated rings. The van der Waals surface area contributed by atoms with E-state index in [0.717, 1.165) is 54.4 Å². The molecule has 0 saturated heterocycles. The fourth-order valence-electron chi connectivity index (χ4n) is 3.89. The van der Waals surface area contributed by atoms with E-state index in [1.54, 1.807) is 11.8 Å². The van der Waals surface area contributed by atoms with Gasteiger partial charge in [0.25, 0.3) is 0 Å². The van der Waals surface area contributed by atoms with Crippen molar-refractivity contribution in [3.05, 3.63) is 88.9 Å². The first-order valence-electron chi connectivity index (χ1n) is 9.86. The van der Waals surface area contributed by atoms with Gasteiger partial charge in [-0.15, -0.1) is 10.2 Å². The van der Waals surface area contributed by atoms with Crippen LogP contribution in [0.15, 0.2) is 93.6 Å². The highest BCUT2D eigenvalue weighted by Crippen LogP contribution is 2.40. The van der Waals surface area contributed by atoms with Gasteiger partial charge in [-0.25, -0.2) is 0 Å². The topological polar surface area (TPSA) is 58.9 Å². The second-order valence-corrected chi connectivity index (χ2v) is 9.11. The molecule has 2 aromatic heterocycles. The molecule has 0 spiro atoms. The Morgan fingerprint density at radius 3 is 2.39 bits per heavy atom. The summed E-state index contributed by atoms with van der Waals surface area (Å²) in [5.74, 6) is 1.48. The van der Waals surface area contributed by atoms with Crippen molar-refractivity contribution in [1.82, 2.24) is 19.9 Å². The number of aromatic amines is 1. The van der Waals surface area contributed by atoms with Crippen LogP contribution in [-0.4, -0.2) is 31.3 Å². The molecule has 0 amide bonds. The molecule has 5 nitrogen and oxygen atoms in total. The smallest absolute Gasteiger partial charge is 0.212 e. The molecule has 0 aliphatic carbocycles. The van der Waals surface area contributed by atoms with Crippen LogP contribution >= 0.6 is 27.7 Å². The molecule has 3 aromatic carbocycles. The first-order valence-corrected chi connectivity index (χ1v) is 11.6. The molecule has 1 aliphatic heterocycles. The van der Waals surface area contributed by atoms with Crippen molar-refractivity contribution in [3.8, 4) is 22.6 Å². The van der Waals surface area contributed by atoms with E-state index < -0.39 is 0 Å². The number of hydrogen-bond donors (Lipinski definition) is 1. The Labute approximate surface area is 191 Å². The predicted octanol–water partition coefficient (Wildman–Crippen LogP) is 6.21. The minimum atomic E-state index is 0.710. The molecule has 6 rings (SSSR count). The zero-order chi connectivity index (χ0) is 20.8. The molecule has 3 heterocycles. The lowest BCUT2D eigenvalue weighted by Gasteiger charge is -2.14. The lowest BCUT2D eigenvalue weighted by Crippen LogP contribution is -2.13. The Morgan fingerprint density at radius 2 is 1.61 bits per heavy atom. The molecule has 1 aliphatic rings. The van der Waals surface area contributed by atoms with Crippen molar-refractivity contribution in [1.29, 1.82) is 0 Å². The third kappa shape index (κ3) is 3.21. The summed E-state index contributed by atoms with van der Waals surface area (Å²) in [5.41, 5.74) is 6.30. The van der Waals surface area contributed by atoms with Gasteiger partial charge in [0.05, 0.1) is 11.4 Å². The Balaban J connectivity index is 1.59. The average molecular weight is 486 g/mol. The summed E-state index contributed by atoms with van der Waals surface area (Å²) in [6, 6.07) is 26.9. The lowest BCUT2D eigenvalue weighted by molar-refractivity contribution is 0.761. The Hall–Kier alpha value is -3.16. The molecule has 0 saturated carbocycles. The maximum Gasteiger partial charge on any atom is 0.212 e.